The van der Waals surface area contributed by atoms with Crippen LogP contribution in [-0.2, 0) is 28.7 Å². The highest BCUT2D eigenvalue weighted by atomic mass is 16.5. The quantitative estimate of drug-likeness (QED) is 0.110. The minimum Gasteiger partial charge on any atom is -0.469 e. The molecule has 1 aliphatic heterocycles. The number of hydrogen-bond acceptors (Lipinski definition) is 10. The molecule has 0 unspecified atom stereocenters. The van der Waals surface area contributed by atoms with Gasteiger partial charge in [-0.3, -0.25) is 29.3 Å². The summed E-state index contributed by atoms with van der Waals surface area (Å²) in [5, 5.41) is 0. The third kappa shape index (κ3) is 86.8. The van der Waals surface area contributed by atoms with Crippen molar-refractivity contribution in [2.24, 2.45) is 5.73 Å². The molecule has 10 heteroatoms. The van der Waals surface area contributed by atoms with Gasteiger partial charge in [-0.2, -0.15) is 0 Å². The second kappa shape index (κ2) is 76.7. The Bertz CT molecular complexity index is 1570. The number of hydrogen-bond donors (Lipinski definition) is 1. The molecule has 0 radical (unpaired) electrons. The van der Waals surface area contributed by atoms with Crippen LogP contribution >= 0.6 is 0 Å². The van der Waals surface area contributed by atoms with Crippen LogP contribution in [0.5, 0.6) is 0 Å². The monoisotopic (exact) mass is 883 g/mol. The first kappa shape index (κ1) is 77.6. The molecule has 0 saturated carbocycles. The molecule has 1 saturated heterocycles. The van der Waals surface area contributed by atoms with Crippen molar-refractivity contribution in [3.05, 3.63) is 142 Å². The van der Waals surface area contributed by atoms with Crippen molar-refractivity contribution in [3.8, 4) is 47.9 Å². The lowest BCUT2D eigenvalue weighted by Gasteiger charge is -1.96. The van der Waals surface area contributed by atoms with E-state index in [0.717, 1.165) is 24.4 Å². The molecule has 0 aromatic carbocycles. The molecule has 0 atom stereocenters. The lowest BCUT2D eigenvalue weighted by Crippen LogP contribution is -1.95. The van der Waals surface area contributed by atoms with Crippen LogP contribution < -0.4 is 5.73 Å². The Morgan fingerprint density at radius 2 is 1.22 bits per heavy atom. The predicted molar refractivity (Wildman–Crippen MR) is 276 cm³/mol. The number of allylic oxidation sites excluding steroid dienone is 3. The van der Waals surface area contributed by atoms with E-state index in [1.807, 2.05) is 103 Å². The smallest absolute Gasteiger partial charge is 0.333 e. The largest absolute Gasteiger partial charge is 0.469 e. The average molecular weight is 883 g/mol. The molecule has 0 spiro atoms. The Morgan fingerprint density at radius 1 is 0.844 bits per heavy atom. The summed E-state index contributed by atoms with van der Waals surface area (Å²) in [5.41, 5.74) is 8.08. The van der Waals surface area contributed by atoms with Crippen LogP contribution in [0.3, 0.4) is 0 Å². The van der Waals surface area contributed by atoms with Gasteiger partial charge in [0.15, 0.2) is 11.6 Å². The molecule has 1 fully saturated rings. The van der Waals surface area contributed by atoms with Crippen molar-refractivity contribution >= 4 is 23.5 Å². The van der Waals surface area contributed by atoms with Crippen LogP contribution in [0.2, 0.25) is 0 Å². The number of methoxy groups -OCH3 is 1. The maximum absolute atomic E-state index is 10.3. The number of rotatable bonds is 6. The number of cyclic esters (lactones) is 1. The zero-order valence-electron chi connectivity index (χ0n) is 41.8. The summed E-state index contributed by atoms with van der Waals surface area (Å²) >= 11 is 0. The van der Waals surface area contributed by atoms with Gasteiger partial charge in [-0.1, -0.05) is 104 Å². The van der Waals surface area contributed by atoms with Gasteiger partial charge in [0.05, 0.1) is 31.5 Å². The highest BCUT2D eigenvalue weighted by Gasteiger charge is 2.14. The van der Waals surface area contributed by atoms with Crippen LogP contribution in [0.1, 0.15) is 109 Å². The van der Waals surface area contributed by atoms with E-state index in [9.17, 15) is 19.2 Å². The minimum atomic E-state index is -0.241. The standard InChI is InChI=1S/C10H8N2.C5H5N.C5H6O2.C5H8O2.C5H8O.C5H4.C4H6O.C3H9N.C3H6.C3H4.3C2H6/c1-3-7-11-9(5-1)10-6-2-4-8-12-10;1-2-4-6-5-3-1;1-4-2-3-7-5(4)6;1-3-4-5(6)7-2;1-4(2)5(3)6;1-3-5-4-2;1-3-4(2)5;1-2-3-4;2*1-3-2;3*1-2/h1-8H;1-5H;1-3H2;3H,1,4H2,2H3;1H2,2-3H3;1H,2H3;3H,1H2,2H3;2-4H2,1H3;3H,1H2,2H3;1H,2H3;3*1-2H3. The molecule has 3 aromatic heterocycles. The highest BCUT2D eigenvalue weighted by Crippen LogP contribution is 2.11. The van der Waals surface area contributed by atoms with E-state index in [4.69, 9.17) is 12.2 Å². The molecule has 4 rings (SSSR count). The van der Waals surface area contributed by atoms with Crippen LogP contribution in [0.15, 0.2) is 142 Å². The summed E-state index contributed by atoms with van der Waals surface area (Å²) in [5.74, 6) is 8.93. The number of nitrogens with zero attached hydrogens (tertiary/aromatic N) is 3. The number of carbonyl (C=O) groups is 4. The van der Waals surface area contributed by atoms with Crippen LogP contribution in [0.25, 0.3) is 11.4 Å². The van der Waals surface area contributed by atoms with Gasteiger partial charge < -0.3 is 15.2 Å². The van der Waals surface area contributed by atoms with Gasteiger partial charge >= 0.3 is 11.9 Å². The first-order chi connectivity index (χ1) is 30.6. The van der Waals surface area contributed by atoms with Crippen molar-refractivity contribution in [2.45, 2.75) is 109 Å². The highest BCUT2D eigenvalue weighted by molar-refractivity contribution is 5.91. The van der Waals surface area contributed by atoms with Gasteiger partial charge in [0.2, 0.25) is 0 Å². The predicted octanol–water partition coefficient (Wildman–Crippen LogP) is 12.3. The van der Waals surface area contributed by atoms with Crippen molar-refractivity contribution in [3.63, 3.8) is 0 Å². The summed E-state index contributed by atoms with van der Waals surface area (Å²) in [7, 11) is 1.35. The van der Waals surface area contributed by atoms with Crippen LogP contribution in [0.4, 0.5) is 0 Å². The molecular formula is C54H82N4O6. The maximum Gasteiger partial charge on any atom is 0.333 e. The molecule has 0 bridgehead atoms. The molecule has 4 heterocycles. The Balaban J connectivity index is -0.0000000760. The van der Waals surface area contributed by atoms with Crippen molar-refractivity contribution in [1.29, 1.82) is 0 Å². The number of carbonyl (C=O) groups excluding carboxylic acids is 4. The van der Waals surface area contributed by atoms with Crippen LogP contribution in [-0.4, -0.2) is 58.7 Å². The van der Waals surface area contributed by atoms with Crippen molar-refractivity contribution in [2.75, 3.05) is 20.3 Å². The van der Waals surface area contributed by atoms with E-state index in [0.29, 0.717) is 30.6 Å². The zero-order chi connectivity index (χ0) is 51.8. The van der Waals surface area contributed by atoms with Gasteiger partial charge in [-0.25, -0.2) is 4.79 Å². The van der Waals surface area contributed by atoms with Gasteiger partial charge in [-0.15, -0.1) is 31.9 Å². The van der Waals surface area contributed by atoms with Gasteiger partial charge in [0.25, 0.3) is 0 Å². The Kier molecular flexibility index (Phi) is 93.1. The van der Waals surface area contributed by atoms with E-state index in [-0.39, 0.29) is 23.5 Å². The molecule has 64 heavy (non-hydrogen) atoms. The summed E-state index contributed by atoms with van der Waals surface area (Å²) in [6, 6.07) is 17.3. The number of pyridine rings is 3. The fourth-order valence-electron chi connectivity index (χ4n) is 2.09. The fourth-order valence-corrected chi connectivity index (χ4v) is 2.09. The fraction of sp³-hybridized carbons (Fsp3) is 0.352. The van der Waals surface area contributed by atoms with E-state index >= 15 is 0 Å². The van der Waals surface area contributed by atoms with E-state index in [2.05, 4.69) is 94.3 Å². The third-order valence-corrected chi connectivity index (χ3v) is 5.00. The van der Waals surface area contributed by atoms with Gasteiger partial charge in [-0.05, 0) is 114 Å². The number of nitrogens with two attached hydrogens (primary N) is 1. The zero-order valence-corrected chi connectivity index (χ0v) is 41.8. The van der Waals surface area contributed by atoms with E-state index in [1.54, 1.807) is 51.6 Å². The third-order valence-electron chi connectivity index (χ3n) is 5.00. The van der Waals surface area contributed by atoms with Gasteiger partial charge in [0.1, 0.15) is 0 Å². The SMILES string of the molecule is C#CC.C#CC#CC.C=C(C)C(C)=O.C=C1CCOC1=O.C=CC.C=CC(C)=O.C=CCC(=O)OC.CC.CC.CC.CCCN.c1ccc(-c2ccccn2)nc1.c1ccncc1. The molecule has 3 aromatic rings. The number of ketones is 2. The molecular weight excluding hydrogens is 801 g/mol. The molecule has 354 valence electrons. The number of ether oxygens (including phenoxy) is 2. The lowest BCUT2D eigenvalue weighted by atomic mass is 10.2. The number of Topliss-reactive ketones (excluding diaryl/α,β-unsaturated/α-hetero) is 1. The molecule has 0 aliphatic carbocycles. The summed E-state index contributed by atoms with van der Waals surface area (Å²) in [4.78, 5) is 52.3. The lowest BCUT2D eigenvalue weighted by molar-refractivity contribution is -0.139. The molecule has 0 amide bonds. The Labute approximate surface area is 390 Å². The molecule has 2 N–H and O–H groups in total. The summed E-state index contributed by atoms with van der Waals surface area (Å²) in [6.07, 6.45) is 23.0. The number of esters is 2. The topological polar surface area (TPSA) is 151 Å². The molecule has 1 aliphatic rings. The van der Waals surface area contributed by atoms with Crippen molar-refractivity contribution < 1.29 is 28.7 Å². The Morgan fingerprint density at radius 3 is 1.33 bits per heavy atom. The number of aromatic nitrogens is 3. The summed E-state index contributed by atoms with van der Waals surface area (Å²) < 4.78 is 8.81. The minimum absolute atomic E-state index is 0.0185. The Hall–Kier alpha value is -6.93. The van der Waals surface area contributed by atoms with Crippen molar-refractivity contribution in [1.82, 2.24) is 15.0 Å². The number of terminal acetylenes is 2. The van der Waals surface area contributed by atoms with E-state index < -0.39 is 0 Å². The second-order valence-corrected chi connectivity index (χ2v) is 10.2. The first-order valence-electron chi connectivity index (χ1n) is 20.7. The summed E-state index contributed by atoms with van der Waals surface area (Å²) in [6.45, 7) is 42.1. The maximum atomic E-state index is 10.3. The molecule has 10 nitrogen and oxygen atoms in total. The first-order valence-corrected chi connectivity index (χ1v) is 20.7. The van der Waals surface area contributed by atoms with Gasteiger partial charge in [0, 0.05) is 36.8 Å². The van der Waals surface area contributed by atoms with Crippen LogP contribution in [0, 0.1) is 36.5 Å². The average Bonchev–Trinajstić information content (AvgIpc) is 3.72. The van der Waals surface area contributed by atoms with E-state index in [1.165, 1.54) is 33.1 Å². The second-order valence-electron chi connectivity index (χ2n) is 10.2. The normalized spacial score (nSPS) is 8.14.